The molecule has 0 saturated heterocycles. The van der Waals surface area contributed by atoms with E-state index in [9.17, 15) is 14.0 Å². The van der Waals surface area contributed by atoms with Gasteiger partial charge in [0.15, 0.2) is 0 Å². The van der Waals surface area contributed by atoms with Crippen molar-refractivity contribution in [3.8, 4) is 11.4 Å². The normalized spacial score (nSPS) is 12.1. The maximum Gasteiger partial charge on any atom is 0.257 e. The van der Waals surface area contributed by atoms with E-state index < -0.39 is 5.91 Å². The first-order chi connectivity index (χ1) is 15.5. The van der Waals surface area contributed by atoms with Crippen LogP contribution in [-0.2, 0) is 4.79 Å². The molecule has 0 unspecified atom stereocenters. The topological polar surface area (TPSA) is 84.4 Å². The van der Waals surface area contributed by atoms with Gasteiger partial charge in [-0.1, -0.05) is 18.7 Å². The van der Waals surface area contributed by atoms with Gasteiger partial charge in [0.2, 0.25) is 5.91 Å². The number of halogens is 1. The van der Waals surface area contributed by atoms with Crippen molar-refractivity contribution in [3.63, 3.8) is 0 Å². The SMILES string of the molecule is C=CC(=O)Nc1ccccc1C(=O)NC1=Cc2cn(-c3cc(OC)ccc3F)cc2NC1. The minimum absolute atomic E-state index is 0.324. The fourth-order valence-electron chi connectivity index (χ4n) is 3.39. The van der Waals surface area contributed by atoms with Crippen LogP contribution in [0.1, 0.15) is 15.9 Å². The van der Waals surface area contributed by atoms with Gasteiger partial charge in [-0.15, -0.1) is 0 Å². The van der Waals surface area contributed by atoms with Crippen molar-refractivity contribution in [3.05, 3.63) is 90.2 Å². The average molecular weight is 432 g/mol. The van der Waals surface area contributed by atoms with Crippen LogP contribution in [0.3, 0.4) is 0 Å². The van der Waals surface area contributed by atoms with E-state index in [1.807, 2.05) is 6.08 Å². The van der Waals surface area contributed by atoms with Gasteiger partial charge in [0.05, 0.1) is 36.3 Å². The summed E-state index contributed by atoms with van der Waals surface area (Å²) in [5, 5.41) is 8.72. The van der Waals surface area contributed by atoms with Crippen LogP contribution in [0.2, 0.25) is 0 Å². The predicted octanol–water partition coefficient (Wildman–Crippen LogP) is 3.95. The Morgan fingerprint density at radius 3 is 2.78 bits per heavy atom. The van der Waals surface area contributed by atoms with Crippen molar-refractivity contribution in [2.24, 2.45) is 0 Å². The number of hydrogen-bond donors (Lipinski definition) is 3. The quantitative estimate of drug-likeness (QED) is 0.515. The molecule has 0 saturated carbocycles. The molecule has 3 N–H and O–H groups in total. The fraction of sp³-hybridized carbons (Fsp3) is 0.0833. The molecule has 0 fully saturated rings. The minimum atomic E-state index is -0.403. The summed E-state index contributed by atoms with van der Waals surface area (Å²) in [5.41, 5.74) is 3.30. The Hall–Kier alpha value is -4.33. The van der Waals surface area contributed by atoms with E-state index in [1.165, 1.54) is 13.2 Å². The van der Waals surface area contributed by atoms with Crippen molar-refractivity contribution >= 4 is 29.3 Å². The first-order valence-corrected chi connectivity index (χ1v) is 9.82. The molecule has 1 aromatic heterocycles. The van der Waals surface area contributed by atoms with Gasteiger partial charge in [0.25, 0.3) is 5.91 Å². The number of hydrogen-bond acceptors (Lipinski definition) is 4. The summed E-state index contributed by atoms with van der Waals surface area (Å²) in [6.45, 7) is 3.80. The lowest BCUT2D eigenvalue weighted by Crippen LogP contribution is -2.29. The standard InChI is InChI=1S/C24H21FN4O3/c1-3-23(30)28-20-7-5-4-6-18(20)24(31)27-16-10-15-13-29(14-21(15)26-12-16)22-11-17(32-2)8-9-19(22)25/h3-11,13-14,26H,1,12H2,2H3,(H,27,31)(H,28,30). The van der Waals surface area contributed by atoms with Gasteiger partial charge in [-0.05, 0) is 36.4 Å². The lowest BCUT2D eigenvalue weighted by molar-refractivity contribution is -0.111. The van der Waals surface area contributed by atoms with Gasteiger partial charge in [0, 0.05) is 29.7 Å². The summed E-state index contributed by atoms with van der Waals surface area (Å²) >= 11 is 0. The maximum absolute atomic E-state index is 14.3. The van der Waals surface area contributed by atoms with Crippen LogP contribution in [0.5, 0.6) is 5.75 Å². The monoisotopic (exact) mass is 432 g/mol. The number of carbonyl (C=O) groups is 2. The van der Waals surface area contributed by atoms with Gasteiger partial charge in [-0.2, -0.15) is 0 Å². The van der Waals surface area contributed by atoms with Gasteiger partial charge in [0.1, 0.15) is 11.6 Å². The van der Waals surface area contributed by atoms with E-state index in [0.29, 0.717) is 34.9 Å². The molecule has 1 aliphatic rings. The molecule has 0 bridgehead atoms. The van der Waals surface area contributed by atoms with Crippen LogP contribution >= 0.6 is 0 Å². The van der Waals surface area contributed by atoms with Gasteiger partial charge >= 0.3 is 0 Å². The molecule has 2 aromatic carbocycles. The molecule has 4 rings (SSSR count). The van der Waals surface area contributed by atoms with E-state index >= 15 is 0 Å². The summed E-state index contributed by atoms with van der Waals surface area (Å²) in [4.78, 5) is 24.5. The van der Waals surface area contributed by atoms with Crippen molar-refractivity contribution in [2.75, 3.05) is 24.3 Å². The molecule has 8 heteroatoms. The van der Waals surface area contributed by atoms with Crippen LogP contribution in [0.15, 0.2) is 73.2 Å². The highest BCUT2D eigenvalue weighted by Gasteiger charge is 2.18. The zero-order valence-corrected chi connectivity index (χ0v) is 17.3. The predicted molar refractivity (Wildman–Crippen MR) is 121 cm³/mol. The highest BCUT2D eigenvalue weighted by molar-refractivity contribution is 6.07. The molecule has 0 aliphatic carbocycles. The number of nitrogens with zero attached hydrogens (tertiary/aromatic N) is 1. The smallest absolute Gasteiger partial charge is 0.257 e. The van der Waals surface area contributed by atoms with Gasteiger partial charge < -0.3 is 25.3 Å². The first-order valence-electron chi connectivity index (χ1n) is 9.82. The number of nitrogens with one attached hydrogen (secondary N) is 3. The summed E-state index contributed by atoms with van der Waals surface area (Å²) in [5.74, 6) is -0.597. The third-order valence-electron chi connectivity index (χ3n) is 4.98. The number of anilines is 2. The second kappa shape index (κ2) is 8.81. The Kier molecular flexibility index (Phi) is 5.76. The molecule has 0 spiro atoms. The number of rotatable bonds is 6. The third kappa shape index (κ3) is 4.24. The second-order valence-corrected chi connectivity index (χ2v) is 7.07. The minimum Gasteiger partial charge on any atom is -0.497 e. The lowest BCUT2D eigenvalue weighted by Gasteiger charge is -2.17. The molecule has 32 heavy (non-hydrogen) atoms. The van der Waals surface area contributed by atoms with Crippen LogP contribution in [0.4, 0.5) is 15.8 Å². The number of fused-ring (bicyclic) bond motifs is 1. The summed E-state index contributed by atoms with van der Waals surface area (Å²) < 4.78 is 21.2. The van der Waals surface area contributed by atoms with E-state index in [0.717, 1.165) is 17.3 Å². The number of benzene rings is 2. The van der Waals surface area contributed by atoms with Crippen LogP contribution in [-0.4, -0.2) is 30.0 Å². The molecule has 0 radical (unpaired) electrons. The Bertz CT molecular complexity index is 1250. The van der Waals surface area contributed by atoms with E-state index in [2.05, 4.69) is 22.5 Å². The molecule has 2 heterocycles. The zero-order valence-electron chi connectivity index (χ0n) is 17.3. The molecule has 162 valence electrons. The van der Waals surface area contributed by atoms with Crippen LogP contribution in [0, 0.1) is 5.82 Å². The average Bonchev–Trinajstić information content (AvgIpc) is 3.22. The molecule has 7 nitrogen and oxygen atoms in total. The summed E-state index contributed by atoms with van der Waals surface area (Å²) in [6, 6.07) is 11.2. The van der Waals surface area contributed by atoms with E-state index in [-0.39, 0.29) is 11.7 Å². The van der Waals surface area contributed by atoms with Gasteiger partial charge in [-0.25, -0.2) is 4.39 Å². The van der Waals surface area contributed by atoms with Crippen molar-refractivity contribution in [1.29, 1.82) is 0 Å². The number of aromatic nitrogens is 1. The zero-order chi connectivity index (χ0) is 22.7. The molecule has 1 aliphatic heterocycles. The molecule has 2 amide bonds. The Balaban J connectivity index is 1.57. The number of methoxy groups -OCH3 is 1. The number of amides is 2. The number of carbonyl (C=O) groups excluding carboxylic acids is 2. The number of ether oxygens (including phenoxy) is 1. The Morgan fingerprint density at radius 2 is 2.00 bits per heavy atom. The summed E-state index contributed by atoms with van der Waals surface area (Å²) in [6.07, 6.45) is 6.51. The fourth-order valence-corrected chi connectivity index (χ4v) is 3.39. The molecular weight excluding hydrogens is 411 g/mol. The van der Waals surface area contributed by atoms with Gasteiger partial charge in [-0.3, -0.25) is 9.59 Å². The van der Waals surface area contributed by atoms with E-state index in [1.54, 1.807) is 53.4 Å². The Labute approximate surface area is 184 Å². The molecular formula is C24H21FN4O3. The van der Waals surface area contributed by atoms with Crippen LogP contribution in [0.25, 0.3) is 11.8 Å². The maximum atomic E-state index is 14.3. The van der Waals surface area contributed by atoms with Crippen molar-refractivity contribution in [1.82, 2.24) is 9.88 Å². The Morgan fingerprint density at radius 1 is 1.19 bits per heavy atom. The molecule has 0 atom stereocenters. The summed E-state index contributed by atoms with van der Waals surface area (Å²) in [7, 11) is 1.53. The van der Waals surface area contributed by atoms with Crippen LogP contribution < -0.4 is 20.7 Å². The molecule has 3 aromatic rings. The van der Waals surface area contributed by atoms with Crippen molar-refractivity contribution in [2.45, 2.75) is 0 Å². The first kappa shape index (κ1) is 20.9. The highest BCUT2D eigenvalue weighted by Crippen LogP contribution is 2.29. The second-order valence-electron chi connectivity index (χ2n) is 7.07. The largest absolute Gasteiger partial charge is 0.497 e. The third-order valence-corrected chi connectivity index (χ3v) is 4.98. The van der Waals surface area contributed by atoms with Crippen molar-refractivity contribution < 1.29 is 18.7 Å². The number of para-hydroxylation sites is 1. The van der Waals surface area contributed by atoms with E-state index in [4.69, 9.17) is 4.74 Å². The highest BCUT2D eigenvalue weighted by atomic mass is 19.1. The lowest BCUT2D eigenvalue weighted by atomic mass is 10.1.